The Labute approximate surface area is 509 Å². The Morgan fingerprint density at radius 3 is 1.86 bits per heavy atom. The van der Waals surface area contributed by atoms with Crippen molar-refractivity contribution in [3.63, 3.8) is 0 Å². The fourth-order valence-corrected chi connectivity index (χ4v) is 13.5. The molecule has 0 radical (unpaired) electrons. The molecule has 40 heteroatoms. The van der Waals surface area contributed by atoms with Crippen molar-refractivity contribution in [1.82, 2.24) is 9.38 Å². The first-order chi connectivity index (χ1) is 41.7. The number of azo groups is 3. The fourth-order valence-electron chi connectivity index (χ4n) is 9.27. The first-order valence-corrected chi connectivity index (χ1v) is 34.4. The lowest BCUT2D eigenvalue weighted by atomic mass is 9.97. The van der Waals surface area contributed by atoms with Gasteiger partial charge in [-0.1, -0.05) is 11.6 Å². The maximum atomic E-state index is 13.2. The van der Waals surface area contributed by atoms with E-state index in [1.165, 1.54) is 32.9 Å². The average molecular weight is 1370 g/mol. The van der Waals surface area contributed by atoms with E-state index in [1.54, 1.807) is 0 Å². The third kappa shape index (κ3) is 12.9. The normalized spacial score (nSPS) is 13.4. The molecule has 0 aliphatic carbocycles. The van der Waals surface area contributed by atoms with Crippen molar-refractivity contribution in [3.8, 4) is 40.3 Å². The van der Waals surface area contributed by atoms with E-state index in [1.807, 2.05) is 6.07 Å². The van der Waals surface area contributed by atoms with Crippen LogP contribution in [0.2, 0.25) is 0 Å². The first kappa shape index (κ1) is 65.5. The Balaban J connectivity index is 1.18. The highest BCUT2D eigenvalue weighted by molar-refractivity contribution is 7.87. The van der Waals surface area contributed by atoms with Crippen LogP contribution in [0.5, 0.6) is 23.1 Å². The van der Waals surface area contributed by atoms with E-state index in [9.17, 15) is 107 Å². The number of nitrogens with zero attached hydrogens (tertiary/aromatic N) is 9. The van der Waals surface area contributed by atoms with Gasteiger partial charge in [0.05, 0.1) is 54.8 Å². The number of hydrogen-bond acceptors (Lipinski definition) is 25. The van der Waals surface area contributed by atoms with Crippen molar-refractivity contribution in [2.24, 2.45) is 30.7 Å². The molecule has 0 aliphatic heterocycles. The molecule has 1 unspecified atom stereocenters. The third-order valence-electron chi connectivity index (χ3n) is 13.3. The Hall–Kier alpha value is -8.93. The lowest BCUT2D eigenvalue weighted by Crippen LogP contribution is -2.08. The molecule has 0 amide bonds. The van der Waals surface area contributed by atoms with Crippen LogP contribution in [-0.4, -0.2) is 124 Å². The second-order valence-electron chi connectivity index (χ2n) is 19.2. The van der Waals surface area contributed by atoms with Crippen LogP contribution in [0.15, 0.2) is 145 Å². The summed E-state index contributed by atoms with van der Waals surface area (Å²) in [5.41, 5.74) is -5.42. The number of pyridine rings is 1. The summed E-state index contributed by atoms with van der Waals surface area (Å²) in [5.74, 6) is -4.44. The maximum Gasteiger partial charge on any atom is 0.297 e. The topological polar surface area (TPSA) is 549 Å². The van der Waals surface area contributed by atoms with Crippen molar-refractivity contribution >= 4 is 144 Å². The lowest BCUT2D eigenvalue weighted by Gasteiger charge is -2.17. The number of imidazole rings is 1. The Bertz CT molecular complexity index is 5560. The quantitative estimate of drug-likeness (QED) is 0.0166. The minimum Gasteiger partial charge on any atom is -0.507 e. The van der Waals surface area contributed by atoms with E-state index < -0.39 is 204 Å². The van der Waals surface area contributed by atoms with Crippen LogP contribution in [-0.2, 0) is 71.8 Å². The molecule has 0 spiro atoms. The smallest absolute Gasteiger partial charge is 0.297 e. The van der Waals surface area contributed by atoms with Gasteiger partial charge in [0.25, 0.3) is 60.7 Å². The highest BCUT2D eigenvalue weighted by atomic mass is 32.2. The van der Waals surface area contributed by atoms with E-state index in [0.29, 0.717) is 29.8 Å². The van der Waals surface area contributed by atoms with Crippen LogP contribution in [0, 0.1) is 32.1 Å². The van der Waals surface area contributed by atoms with Crippen LogP contribution in [0.3, 0.4) is 0 Å². The van der Waals surface area contributed by atoms with Gasteiger partial charge in [0.1, 0.15) is 54.9 Å². The number of phenolic OH excluding ortho intramolecular Hbond substituents is 2. The van der Waals surface area contributed by atoms with Gasteiger partial charge in [0.2, 0.25) is 5.88 Å². The molecule has 0 saturated carbocycles. The number of benzene rings is 7. The minimum absolute atomic E-state index is 0.00114. The van der Waals surface area contributed by atoms with Crippen molar-refractivity contribution in [2.75, 3.05) is 12.4 Å². The second-order valence-corrected chi connectivity index (χ2v) is 28.7. The number of fused-ring (bicyclic) bond motifs is 5. The zero-order valence-electron chi connectivity index (χ0n) is 45.3. The SMILES string of the molecule is Cc1ccc(S(=O)O)c(-c2c(S(=O)(=O)O)cc3cc(S(=O)(=O)O)cc(N=Nc4cc(OCCCS(=O)(=O)O)c(N=Nc5c(S(=O)(=O)O)cc6c(S(=O)(=O)O)c(N=Nc7c(C)c(C#N)c8nc9cc(S(=O)(=O)O)ccc9n8c7O)ccc6c5O)cc4C)c3c2O)c1. The highest BCUT2D eigenvalue weighted by Crippen LogP contribution is 2.50. The lowest BCUT2D eigenvalue weighted by molar-refractivity contribution is 0.317. The summed E-state index contributed by atoms with van der Waals surface area (Å²) in [6, 6.07) is 14.9. The summed E-state index contributed by atoms with van der Waals surface area (Å²) in [4.78, 5) is -1.55. The van der Waals surface area contributed by atoms with Crippen LogP contribution in [0.25, 0.3) is 49.4 Å². The molecule has 10 N–H and O–H groups in total. The number of aromatic nitrogens is 2. The van der Waals surface area contributed by atoms with Crippen LogP contribution in [0.1, 0.15) is 28.7 Å². The van der Waals surface area contributed by atoms with Crippen LogP contribution < -0.4 is 4.74 Å². The van der Waals surface area contributed by atoms with Gasteiger partial charge < -0.3 is 24.6 Å². The average Bonchev–Trinajstić information content (AvgIpc) is 1.15. The molecule has 1 atom stereocenters. The van der Waals surface area contributed by atoms with Crippen molar-refractivity contribution < 1.29 is 107 Å². The maximum absolute atomic E-state index is 13.2. The van der Waals surface area contributed by atoms with E-state index in [0.717, 1.165) is 52.9 Å². The highest BCUT2D eigenvalue weighted by Gasteiger charge is 2.31. The number of nitriles is 1. The number of aromatic hydroxyl groups is 3. The van der Waals surface area contributed by atoms with Gasteiger partial charge in [-0.2, -0.15) is 60.9 Å². The molecular formula is C50H39N9O24S7. The number of rotatable bonds is 18. The number of aryl methyl sites for hydroxylation is 2. The molecular weight excluding hydrogens is 1340 g/mol. The van der Waals surface area contributed by atoms with Gasteiger partial charge in [-0.15, -0.1) is 25.6 Å². The number of phenols is 2. The zero-order chi connectivity index (χ0) is 66.3. The molecule has 9 rings (SSSR count). The van der Waals surface area contributed by atoms with Gasteiger partial charge in [0.15, 0.2) is 28.2 Å². The molecule has 0 fully saturated rings. The summed E-state index contributed by atoms with van der Waals surface area (Å²) in [6.45, 7) is 3.51. The van der Waals surface area contributed by atoms with Gasteiger partial charge in [-0.05, 0) is 111 Å². The molecule has 0 bridgehead atoms. The van der Waals surface area contributed by atoms with E-state index >= 15 is 0 Å². The van der Waals surface area contributed by atoms with Crippen molar-refractivity contribution in [3.05, 3.63) is 107 Å². The summed E-state index contributed by atoms with van der Waals surface area (Å²) < 4.78 is 240. The molecule has 33 nitrogen and oxygen atoms in total. The molecule has 7 aromatic carbocycles. The van der Waals surface area contributed by atoms with Crippen molar-refractivity contribution in [1.29, 1.82) is 5.26 Å². The first-order valence-electron chi connectivity index (χ1n) is 24.5. The molecule has 2 heterocycles. The summed E-state index contributed by atoms with van der Waals surface area (Å²) in [7, 11) is -31.2. The minimum atomic E-state index is -5.64. The molecule has 2 aromatic heterocycles. The van der Waals surface area contributed by atoms with Gasteiger partial charge >= 0.3 is 0 Å². The largest absolute Gasteiger partial charge is 0.507 e. The predicted molar refractivity (Wildman–Crippen MR) is 314 cm³/mol. The third-order valence-corrected chi connectivity index (χ3v) is 19.2. The number of ether oxygens (including phenoxy) is 1. The molecule has 0 saturated heterocycles. The number of hydrogen-bond donors (Lipinski definition) is 10. The summed E-state index contributed by atoms with van der Waals surface area (Å²) >= 11 is -2.86. The molecule has 470 valence electrons. The van der Waals surface area contributed by atoms with Crippen LogP contribution in [0.4, 0.5) is 34.1 Å². The fraction of sp³-hybridized carbons (Fsp3) is 0.120. The Morgan fingerprint density at radius 1 is 0.611 bits per heavy atom. The molecule has 90 heavy (non-hydrogen) atoms. The van der Waals surface area contributed by atoms with E-state index in [4.69, 9.17) is 4.74 Å². The van der Waals surface area contributed by atoms with Crippen LogP contribution >= 0.6 is 0 Å². The molecule has 9 aromatic rings. The van der Waals surface area contributed by atoms with Gasteiger partial charge in [-0.3, -0.25) is 31.7 Å². The molecule has 0 aliphatic rings. The summed E-state index contributed by atoms with van der Waals surface area (Å²) in [5, 5.41) is 66.5. The van der Waals surface area contributed by atoms with Gasteiger partial charge in [-0.25, -0.2) is 9.19 Å². The summed E-state index contributed by atoms with van der Waals surface area (Å²) in [6.07, 6.45) is -0.425. The van der Waals surface area contributed by atoms with E-state index in [2.05, 4.69) is 35.7 Å². The van der Waals surface area contributed by atoms with Gasteiger partial charge in [0, 0.05) is 33.5 Å². The standard InChI is InChI=1S/C50H39N9O24S7/c1-22-5-10-39(84(63)64)30(13-22)43-40(88(74,75)76)16-25-15-27(87(71,72)73)18-36(42(25)47(43)61)56-54-33-20-38(83-11-4-12-85(65,66)67)35(14-23(33)2)55-58-45-41(89(77,78)79)19-29-28(46(45)60)7-8-32(48(29)90(80,81)82)53-57-44-24(3)31(21-51)49-52-34-17-26(86(68,69)70)6-9-37(34)59(49)50(44)62/h5-10,13-20,60-62H,4,11-12H2,1-3H3,(H,63,64)(H,65,66,67)(H,68,69,70)(H,71,72,73)(H,74,75,76)(H,77,78,79)(H,80,81,82). The van der Waals surface area contributed by atoms with E-state index in [-0.39, 0.29) is 39.1 Å². The second kappa shape index (κ2) is 23.5. The zero-order valence-corrected chi connectivity index (χ0v) is 51.0. The Morgan fingerprint density at radius 2 is 1.24 bits per heavy atom. The Kier molecular flexibility index (Phi) is 17.1. The van der Waals surface area contributed by atoms with Crippen molar-refractivity contribution in [2.45, 2.75) is 56.6 Å². The monoisotopic (exact) mass is 1370 g/mol. The predicted octanol–water partition coefficient (Wildman–Crippen LogP) is 9.09.